The molecule has 1 heterocycles. The number of benzene rings is 1. The van der Waals surface area contributed by atoms with Crippen LogP contribution in [0.5, 0.6) is 5.75 Å². The Bertz CT molecular complexity index is 533. The quantitative estimate of drug-likeness (QED) is 0.793. The predicted molar refractivity (Wildman–Crippen MR) is 99.7 cm³/mol. The minimum Gasteiger partial charge on any atom is -0.491 e. The fourth-order valence-electron chi connectivity index (χ4n) is 3.35. The zero-order valence-electron chi connectivity index (χ0n) is 16.0. The largest absolute Gasteiger partial charge is 0.491 e. The normalized spacial score (nSPS) is 19.9. The first-order chi connectivity index (χ1) is 11.4. The lowest BCUT2D eigenvalue weighted by Crippen LogP contribution is -2.33. The molecule has 0 aromatic heterocycles. The van der Waals surface area contributed by atoms with Crippen molar-refractivity contribution in [2.45, 2.75) is 59.2 Å². The Balaban J connectivity index is 1.96. The topological polar surface area (TPSA) is 35.9 Å². The van der Waals surface area contributed by atoms with Crippen LogP contribution in [0, 0.1) is 13.8 Å². The van der Waals surface area contributed by atoms with Gasteiger partial charge < -0.3 is 14.7 Å². The molecular formula is C20H34N2O2. The SMILES string of the molecule is CCN(C)C[C@H](O)COc1ccc(CN2CCCC2C)c(C)c1C. The van der Waals surface area contributed by atoms with Gasteiger partial charge in [0.15, 0.2) is 0 Å². The number of ether oxygens (including phenoxy) is 1. The summed E-state index contributed by atoms with van der Waals surface area (Å²) in [4.78, 5) is 4.65. The first kappa shape index (κ1) is 19.2. The van der Waals surface area contributed by atoms with Crippen LogP contribution in [-0.2, 0) is 6.54 Å². The molecular weight excluding hydrogens is 300 g/mol. The van der Waals surface area contributed by atoms with E-state index in [-0.39, 0.29) is 0 Å². The molecule has 1 aromatic rings. The first-order valence-electron chi connectivity index (χ1n) is 9.24. The summed E-state index contributed by atoms with van der Waals surface area (Å²) in [6.07, 6.45) is 2.16. The highest BCUT2D eigenvalue weighted by Crippen LogP contribution is 2.27. The zero-order valence-corrected chi connectivity index (χ0v) is 16.0. The van der Waals surface area contributed by atoms with Gasteiger partial charge in [0.25, 0.3) is 0 Å². The number of rotatable bonds is 8. The number of hydrogen-bond donors (Lipinski definition) is 1. The summed E-state index contributed by atoms with van der Waals surface area (Å²) in [5.74, 6) is 0.893. The van der Waals surface area contributed by atoms with Gasteiger partial charge in [0.05, 0.1) is 0 Å². The monoisotopic (exact) mass is 334 g/mol. The third-order valence-corrected chi connectivity index (χ3v) is 5.41. The summed E-state index contributed by atoms with van der Waals surface area (Å²) >= 11 is 0. The van der Waals surface area contributed by atoms with Gasteiger partial charge in [-0.15, -0.1) is 0 Å². The maximum absolute atomic E-state index is 10.1. The fraction of sp³-hybridized carbons (Fsp3) is 0.700. The summed E-state index contributed by atoms with van der Waals surface area (Å²) < 4.78 is 5.88. The van der Waals surface area contributed by atoms with Gasteiger partial charge in [-0.1, -0.05) is 13.0 Å². The van der Waals surface area contributed by atoms with Gasteiger partial charge in [-0.2, -0.15) is 0 Å². The second-order valence-electron chi connectivity index (χ2n) is 7.25. The van der Waals surface area contributed by atoms with Crippen LogP contribution in [0.4, 0.5) is 0 Å². The number of aliphatic hydroxyl groups excluding tert-OH is 1. The summed E-state index contributed by atoms with van der Waals surface area (Å²) in [7, 11) is 2.01. The average molecular weight is 335 g/mol. The first-order valence-corrected chi connectivity index (χ1v) is 9.24. The maximum Gasteiger partial charge on any atom is 0.122 e. The lowest BCUT2D eigenvalue weighted by Gasteiger charge is -2.24. The van der Waals surface area contributed by atoms with Crippen molar-refractivity contribution in [3.63, 3.8) is 0 Å². The van der Waals surface area contributed by atoms with E-state index in [0.29, 0.717) is 19.2 Å². The minimum atomic E-state index is -0.459. The standard InChI is InChI=1S/C20H34N2O2/c1-6-21(5)13-19(23)14-24-20-10-9-18(16(3)17(20)4)12-22-11-7-8-15(22)2/h9-10,15,19,23H,6-8,11-14H2,1-5H3/t15?,19-/m0/s1. The van der Waals surface area contributed by atoms with Gasteiger partial charge >= 0.3 is 0 Å². The Kier molecular flexibility index (Phi) is 7.08. The molecule has 2 rings (SSSR count). The van der Waals surface area contributed by atoms with Crippen LogP contribution in [-0.4, -0.2) is 60.3 Å². The van der Waals surface area contributed by atoms with Crippen molar-refractivity contribution in [3.8, 4) is 5.75 Å². The van der Waals surface area contributed by atoms with Crippen molar-refractivity contribution >= 4 is 0 Å². The lowest BCUT2D eigenvalue weighted by molar-refractivity contribution is 0.0775. The third kappa shape index (κ3) is 4.95. The molecule has 1 N–H and O–H groups in total. The van der Waals surface area contributed by atoms with Crippen LogP contribution in [0.25, 0.3) is 0 Å². The molecule has 1 unspecified atom stereocenters. The van der Waals surface area contributed by atoms with Crippen molar-refractivity contribution in [2.75, 3.05) is 33.3 Å². The van der Waals surface area contributed by atoms with Gasteiger partial charge in [-0.05, 0) is 76.5 Å². The van der Waals surface area contributed by atoms with E-state index in [4.69, 9.17) is 4.74 Å². The van der Waals surface area contributed by atoms with Crippen LogP contribution in [0.15, 0.2) is 12.1 Å². The molecule has 1 aromatic carbocycles. The summed E-state index contributed by atoms with van der Waals surface area (Å²) in [5.41, 5.74) is 3.89. The van der Waals surface area contributed by atoms with E-state index in [9.17, 15) is 5.11 Å². The molecule has 1 saturated heterocycles. The molecule has 0 aliphatic carbocycles. The van der Waals surface area contributed by atoms with Crippen LogP contribution >= 0.6 is 0 Å². The second kappa shape index (κ2) is 8.84. The molecule has 136 valence electrons. The van der Waals surface area contributed by atoms with Crippen molar-refractivity contribution in [1.29, 1.82) is 0 Å². The highest BCUT2D eigenvalue weighted by Gasteiger charge is 2.21. The van der Waals surface area contributed by atoms with E-state index in [2.05, 4.69) is 49.6 Å². The number of nitrogens with zero attached hydrogens (tertiary/aromatic N) is 2. The molecule has 24 heavy (non-hydrogen) atoms. The van der Waals surface area contributed by atoms with E-state index >= 15 is 0 Å². The second-order valence-corrected chi connectivity index (χ2v) is 7.25. The Morgan fingerprint density at radius 2 is 2.08 bits per heavy atom. The van der Waals surface area contributed by atoms with Crippen LogP contribution in [0.3, 0.4) is 0 Å². The number of likely N-dealkylation sites (N-methyl/N-ethyl adjacent to an activating group) is 1. The van der Waals surface area contributed by atoms with E-state index < -0.39 is 6.10 Å². The average Bonchev–Trinajstić information content (AvgIpc) is 2.96. The van der Waals surface area contributed by atoms with Crippen molar-refractivity contribution in [1.82, 2.24) is 9.80 Å². The molecule has 0 amide bonds. The molecule has 0 spiro atoms. The molecule has 4 nitrogen and oxygen atoms in total. The van der Waals surface area contributed by atoms with Crippen LogP contribution < -0.4 is 4.74 Å². The Hall–Kier alpha value is -1.10. The van der Waals surface area contributed by atoms with Crippen LogP contribution in [0.2, 0.25) is 0 Å². The van der Waals surface area contributed by atoms with E-state index in [1.807, 2.05) is 7.05 Å². The molecule has 2 atom stereocenters. The molecule has 0 saturated carbocycles. The van der Waals surface area contributed by atoms with Crippen LogP contribution in [0.1, 0.15) is 43.4 Å². The predicted octanol–water partition coefficient (Wildman–Crippen LogP) is 2.98. The van der Waals surface area contributed by atoms with E-state index in [1.165, 1.54) is 36.1 Å². The number of hydrogen-bond acceptors (Lipinski definition) is 4. The zero-order chi connectivity index (χ0) is 17.7. The Morgan fingerprint density at radius 1 is 1.33 bits per heavy atom. The maximum atomic E-state index is 10.1. The number of aliphatic hydroxyl groups is 1. The lowest BCUT2D eigenvalue weighted by atomic mass is 10.0. The molecule has 0 radical (unpaired) electrons. The van der Waals surface area contributed by atoms with Crippen molar-refractivity contribution in [2.24, 2.45) is 0 Å². The molecule has 1 aliphatic rings. The third-order valence-electron chi connectivity index (χ3n) is 5.41. The van der Waals surface area contributed by atoms with E-state index in [1.54, 1.807) is 0 Å². The minimum absolute atomic E-state index is 0.340. The van der Waals surface area contributed by atoms with Gasteiger partial charge in [0, 0.05) is 19.1 Å². The Labute approximate surface area is 147 Å². The van der Waals surface area contributed by atoms with Crippen molar-refractivity contribution in [3.05, 3.63) is 28.8 Å². The van der Waals surface area contributed by atoms with Gasteiger partial charge in [0.1, 0.15) is 18.5 Å². The van der Waals surface area contributed by atoms with Gasteiger partial charge in [-0.25, -0.2) is 0 Å². The molecule has 1 fully saturated rings. The number of likely N-dealkylation sites (tertiary alicyclic amines) is 1. The van der Waals surface area contributed by atoms with E-state index in [0.717, 1.165) is 18.8 Å². The summed E-state index contributed by atoms with van der Waals surface area (Å²) in [5, 5.41) is 10.1. The highest BCUT2D eigenvalue weighted by atomic mass is 16.5. The summed E-state index contributed by atoms with van der Waals surface area (Å²) in [6.45, 7) is 12.8. The van der Waals surface area contributed by atoms with Crippen molar-refractivity contribution < 1.29 is 9.84 Å². The Morgan fingerprint density at radius 3 is 2.71 bits per heavy atom. The fourth-order valence-corrected chi connectivity index (χ4v) is 3.35. The molecule has 0 bridgehead atoms. The van der Waals surface area contributed by atoms with Gasteiger partial charge in [0.2, 0.25) is 0 Å². The molecule has 4 heteroatoms. The summed E-state index contributed by atoms with van der Waals surface area (Å²) in [6, 6.07) is 4.94. The molecule has 1 aliphatic heterocycles. The smallest absolute Gasteiger partial charge is 0.122 e. The van der Waals surface area contributed by atoms with Gasteiger partial charge in [-0.3, -0.25) is 4.90 Å². The highest BCUT2D eigenvalue weighted by molar-refractivity contribution is 5.43.